The van der Waals surface area contributed by atoms with Gasteiger partial charge < -0.3 is 0 Å². The number of hydrogen-bond acceptors (Lipinski definition) is 8. The van der Waals surface area contributed by atoms with Crippen molar-refractivity contribution in [2.24, 2.45) is 0 Å². The minimum Gasteiger partial charge on any atom is -0.222 e. The molecule has 0 heterocycles. The van der Waals surface area contributed by atoms with Crippen LogP contribution in [0.25, 0.3) is 0 Å². The Balaban J connectivity index is 0.000000408. The monoisotopic (exact) mass is 1280 g/mol. The first-order valence-corrected chi connectivity index (χ1v) is 25.6. The topological polar surface area (TPSA) is 182 Å². The van der Waals surface area contributed by atoms with Crippen molar-refractivity contribution in [2.75, 3.05) is 0 Å². The minimum atomic E-state index is -4.94. The second-order valence-electron chi connectivity index (χ2n) is 12.4. The van der Waals surface area contributed by atoms with E-state index in [0.717, 1.165) is 0 Å². The molecule has 7 aromatic carbocycles. The quantitative estimate of drug-likeness (QED) is 0.140. The van der Waals surface area contributed by atoms with Gasteiger partial charge in [0.2, 0.25) is 0 Å². The molecule has 8 nitrogen and oxygen atoms in total. The van der Waals surface area contributed by atoms with Crippen LogP contribution in [-0.2, 0) is 44.8 Å². The molecule has 1 N–H and O–H groups in total. The van der Waals surface area contributed by atoms with Crippen molar-refractivity contribution < 1.29 is 103 Å². The van der Waals surface area contributed by atoms with Gasteiger partial charge in [-0.2, -0.15) is 55.2 Å². The summed E-state index contributed by atoms with van der Waals surface area (Å²) in [6, 6.07) is 73.7. The van der Waals surface area contributed by atoms with Crippen molar-refractivity contribution in [3.05, 3.63) is 239 Å². The van der Waals surface area contributed by atoms with Gasteiger partial charge in [0.05, 0.1) is 14.9 Å². The third-order valence-corrected chi connectivity index (χ3v) is 15.6. The molecule has 0 aliphatic carbocycles. The van der Waals surface area contributed by atoms with Gasteiger partial charge >= 0.3 is 22.4 Å². The molecule has 61 heavy (non-hydrogen) atoms. The van der Waals surface area contributed by atoms with E-state index in [4.69, 9.17) is 37.3 Å². The molecule has 0 aliphatic heterocycles. The summed E-state index contributed by atoms with van der Waals surface area (Å²) in [7, 11) is -13.4. The van der Waals surface area contributed by atoms with Gasteiger partial charge in [-0.15, -0.1) is 10.2 Å². The van der Waals surface area contributed by atoms with Crippen LogP contribution in [0.3, 0.4) is 0 Å². The zero-order chi connectivity index (χ0) is 43.4. The Morgan fingerprint density at radius 2 is 0.475 bits per heavy atom. The fourth-order valence-electron chi connectivity index (χ4n) is 5.33. The van der Waals surface area contributed by atoms with E-state index in [0.29, 0.717) is 0 Å². The van der Waals surface area contributed by atoms with Crippen molar-refractivity contribution in [1.82, 2.24) is 0 Å². The largest absolute Gasteiger partial charge is 1.00 e. The average molecular weight is 1280 g/mol. The van der Waals surface area contributed by atoms with E-state index in [1.54, 1.807) is 0 Å². The van der Waals surface area contributed by atoms with E-state index in [2.05, 4.69) is 166 Å². The Labute approximate surface area is 397 Å². The van der Waals surface area contributed by atoms with Crippen LogP contribution in [0.15, 0.2) is 212 Å². The van der Waals surface area contributed by atoms with Gasteiger partial charge in [0.1, 0.15) is 0 Å². The molecule has 0 aliphatic rings. The summed E-state index contributed by atoms with van der Waals surface area (Å²) < 4.78 is 66.7. The fourth-order valence-corrected chi connectivity index (χ4v) is 11.2. The molecule has 7 aromatic rings. The molecular weight excluding hydrogens is 1240 g/mol. The molecule has 0 bridgehead atoms. The van der Waals surface area contributed by atoms with E-state index in [9.17, 15) is 0 Å². The Morgan fingerprint density at radius 3 is 0.623 bits per heavy atom. The molecule has 0 saturated heterocycles. The molecular formula is C46H44Au2Cl2O8P3-2. The maximum Gasteiger partial charge on any atom is 1.00 e. The SMILES string of the molecule is [Au+].[Au].[CH2-][P+]([CH2-])(c1ccccc1)c1ccccc1.[CH2-][P+]([CH2-])(c1ccccc1)c1ccccc1.[O-][Cl+3]([O-])([O-])O.[O-][Cl+3]([O-])([O-])[O-].c1ccc(P(c2ccccc2)c2ccccc2)cc1. The second kappa shape index (κ2) is 28.4. The number of hydrogen-bond donors (Lipinski definition) is 1. The van der Waals surface area contributed by atoms with Crippen LogP contribution in [-0.4, -0.2) is 4.66 Å². The van der Waals surface area contributed by atoms with Gasteiger partial charge in [-0.25, -0.2) is 18.6 Å². The van der Waals surface area contributed by atoms with Crippen LogP contribution in [0.2, 0.25) is 0 Å². The van der Waals surface area contributed by atoms with Crippen molar-refractivity contribution in [3.63, 3.8) is 0 Å². The van der Waals surface area contributed by atoms with Crippen molar-refractivity contribution >= 4 is 59.6 Å². The van der Waals surface area contributed by atoms with Crippen molar-refractivity contribution in [2.45, 2.75) is 0 Å². The maximum absolute atomic E-state index is 8.60. The van der Waals surface area contributed by atoms with E-state index in [-0.39, 0.29) is 44.8 Å². The Kier molecular flexibility index (Phi) is 26.3. The predicted molar refractivity (Wildman–Crippen MR) is 227 cm³/mol. The average Bonchev–Trinajstić information content (AvgIpc) is 3.23. The molecule has 7 rings (SSSR count). The van der Waals surface area contributed by atoms with Gasteiger partial charge in [0.25, 0.3) is 0 Å². The normalized spacial score (nSPS) is 10.8. The fraction of sp³-hybridized carbons (Fsp3) is 0. The standard InChI is InChI=1S/C18H15P.2C14H14P.2Au.2ClHO4/c1-4-10-16(11-5-1)19(17-12-6-2-7-13-17)18-14-8-3-9-15-18;2*1-15(2,13-9-5-3-6-10-13)14-11-7-4-8-12-14;;;2*2-1(3,4)5/h1-15H;2*3-12H,1-2H2;;;2*(H,2,3,4,5)/q;2*-1;;+1;;/p-1. The first-order valence-electron chi connectivity index (χ1n) is 17.5. The summed E-state index contributed by atoms with van der Waals surface area (Å²) in [5, 5.41) is 9.18. The smallest absolute Gasteiger partial charge is 0.222 e. The van der Waals surface area contributed by atoms with Crippen LogP contribution >= 0.6 is 22.4 Å². The maximum atomic E-state index is 8.60. The molecule has 0 fully saturated rings. The summed E-state index contributed by atoms with van der Waals surface area (Å²) in [5.74, 6) is 0. The van der Waals surface area contributed by atoms with Crippen LogP contribution in [0.5, 0.6) is 0 Å². The number of halogens is 2. The van der Waals surface area contributed by atoms with Crippen molar-refractivity contribution in [3.8, 4) is 0 Å². The van der Waals surface area contributed by atoms with Gasteiger partial charge in [-0.3, -0.25) is 0 Å². The van der Waals surface area contributed by atoms with E-state index >= 15 is 0 Å². The van der Waals surface area contributed by atoms with Crippen LogP contribution < -0.4 is 69.7 Å². The van der Waals surface area contributed by atoms with E-state index in [1.165, 1.54) is 37.1 Å². The zero-order valence-corrected chi connectivity index (χ0v) is 41.1. The van der Waals surface area contributed by atoms with Gasteiger partial charge in [0, 0.05) is 43.6 Å². The summed E-state index contributed by atoms with van der Waals surface area (Å²) in [5.41, 5.74) is 0. The van der Waals surface area contributed by atoms with Gasteiger partial charge in [-0.05, 0) is 72.4 Å². The van der Waals surface area contributed by atoms with Gasteiger partial charge in [-0.1, -0.05) is 164 Å². The van der Waals surface area contributed by atoms with Crippen LogP contribution in [0.1, 0.15) is 0 Å². The number of benzene rings is 7. The Bertz CT molecular complexity index is 1870. The third-order valence-electron chi connectivity index (χ3n) is 8.04. The first-order chi connectivity index (χ1) is 27.9. The molecule has 0 saturated carbocycles. The van der Waals surface area contributed by atoms with E-state index < -0.39 is 42.9 Å². The molecule has 0 spiro atoms. The zero-order valence-electron chi connectivity index (χ0n) is 32.5. The van der Waals surface area contributed by atoms with Crippen LogP contribution in [0.4, 0.5) is 0 Å². The Morgan fingerprint density at radius 1 is 0.344 bits per heavy atom. The molecule has 329 valence electrons. The molecule has 0 atom stereocenters. The summed E-state index contributed by atoms with van der Waals surface area (Å²) in [4.78, 5) is 0. The molecule has 0 unspecified atom stereocenters. The minimum absolute atomic E-state index is 0. The molecule has 0 amide bonds. The van der Waals surface area contributed by atoms with E-state index in [1.807, 2.05) is 72.8 Å². The molecule has 15 heteroatoms. The number of rotatable bonds is 7. The summed E-state index contributed by atoms with van der Waals surface area (Å²) in [6.45, 7) is 17.2. The first kappa shape index (κ1) is 56.6. The summed E-state index contributed by atoms with van der Waals surface area (Å²) in [6.07, 6.45) is 0. The summed E-state index contributed by atoms with van der Waals surface area (Å²) >= 11 is 0. The van der Waals surface area contributed by atoms with Gasteiger partial charge in [0.15, 0.2) is 0 Å². The van der Waals surface area contributed by atoms with Crippen molar-refractivity contribution in [1.29, 1.82) is 0 Å². The third kappa shape index (κ3) is 22.2. The molecule has 0 aromatic heterocycles. The predicted octanol–water partition coefficient (Wildman–Crippen LogP) is 1.04. The van der Waals surface area contributed by atoms with Crippen LogP contribution in [0, 0.1) is 47.1 Å². The Hall–Kier alpha value is -2.43. The second-order valence-corrected chi connectivity index (χ2v) is 22.1. The molecule has 1 radical (unpaired) electrons.